The van der Waals surface area contributed by atoms with Gasteiger partial charge in [0.15, 0.2) is 11.5 Å². The summed E-state index contributed by atoms with van der Waals surface area (Å²) in [6.45, 7) is 0.607. The van der Waals surface area contributed by atoms with Crippen molar-refractivity contribution in [1.82, 2.24) is 5.32 Å². The number of carbonyl (C=O) groups is 1. The van der Waals surface area contributed by atoms with E-state index in [-0.39, 0.29) is 12.4 Å². The minimum Gasteiger partial charge on any atom is -0.454 e. The number of amides is 1. The summed E-state index contributed by atoms with van der Waals surface area (Å²) >= 11 is 0. The van der Waals surface area contributed by atoms with Crippen LogP contribution in [0.2, 0.25) is 0 Å². The van der Waals surface area contributed by atoms with Crippen LogP contribution in [0.5, 0.6) is 11.5 Å². The van der Waals surface area contributed by atoms with Crippen molar-refractivity contribution in [2.24, 2.45) is 0 Å². The molecule has 0 radical (unpaired) electrons. The normalized spacial score (nSPS) is 12.6. The Balaban J connectivity index is 1.52. The van der Waals surface area contributed by atoms with Gasteiger partial charge in [0.25, 0.3) is 0 Å². The second-order valence-corrected chi connectivity index (χ2v) is 5.20. The van der Waals surface area contributed by atoms with Gasteiger partial charge >= 0.3 is 0 Å². The Morgan fingerprint density at radius 1 is 1.12 bits per heavy atom. The maximum atomic E-state index is 13.4. The molecule has 1 aliphatic heterocycles. The zero-order valence-corrected chi connectivity index (χ0v) is 12.7. The average molecular weight is 331 g/mol. The molecule has 1 heterocycles. The van der Waals surface area contributed by atoms with Gasteiger partial charge in [-0.3, -0.25) is 4.79 Å². The Hall–Kier alpha value is -2.89. The first-order chi connectivity index (χ1) is 11.6. The molecular formula is C18H15F2NO3. The lowest BCUT2D eigenvalue weighted by Crippen LogP contribution is -2.23. The van der Waals surface area contributed by atoms with E-state index in [1.54, 1.807) is 0 Å². The Morgan fingerprint density at radius 3 is 2.67 bits per heavy atom. The van der Waals surface area contributed by atoms with Crippen LogP contribution in [-0.4, -0.2) is 19.2 Å². The predicted molar refractivity (Wildman–Crippen MR) is 84.7 cm³/mol. The number of halogens is 2. The highest BCUT2D eigenvalue weighted by Crippen LogP contribution is 2.32. The first kappa shape index (κ1) is 16.0. The molecule has 2 aromatic rings. The summed E-state index contributed by atoms with van der Waals surface area (Å²) in [5.41, 5.74) is 0.757. The summed E-state index contributed by atoms with van der Waals surface area (Å²) < 4.78 is 37.4. The van der Waals surface area contributed by atoms with E-state index < -0.39 is 17.5 Å². The van der Waals surface area contributed by atoms with Crippen LogP contribution in [0.15, 0.2) is 42.5 Å². The van der Waals surface area contributed by atoms with Gasteiger partial charge in [-0.25, -0.2) is 8.78 Å². The van der Waals surface area contributed by atoms with E-state index in [1.165, 1.54) is 6.07 Å². The van der Waals surface area contributed by atoms with Gasteiger partial charge in [0.1, 0.15) is 11.6 Å². The SMILES string of the molecule is O=C(C=Cc1c(F)cccc1F)NCCc1ccc2c(c1)OCO2. The number of fused-ring (bicyclic) bond motifs is 1. The molecule has 0 fully saturated rings. The summed E-state index contributed by atoms with van der Waals surface area (Å²) in [4.78, 5) is 11.7. The number of carbonyl (C=O) groups excluding carboxylic acids is 1. The lowest BCUT2D eigenvalue weighted by Gasteiger charge is -2.04. The van der Waals surface area contributed by atoms with E-state index in [1.807, 2.05) is 18.2 Å². The van der Waals surface area contributed by atoms with Gasteiger partial charge in [-0.1, -0.05) is 12.1 Å². The van der Waals surface area contributed by atoms with Crippen LogP contribution < -0.4 is 14.8 Å². The van der Waals surface area contributed by atoms with E-state index in [0.29, 0.717) is 24.5 Å². The van der Waals surface area contributed by atoms with Gasteiger partial charge in [-0.2, -0.15) is 0 Å². The molecule has 0 aliphatic carbocycles. The summed E-state index contributed by atoms with van der Waals surface area (Å²) in [7, 11) is 0. The van der Waals surface area contributed by atoms with E-state index >= 15 is 0 Å². The molecule has 124 valence electrons. The summed E-state index contributed by atoms with van der Waals surface area (Å²) in [5, 5.41) is 2.67. The largest absolute Gasteiger partial charge is 0.454 e. The summed E-state index contributed by atoms with van der Waals surface area (Å²) in [6.07, 6.45) is 2.84. The third-order valence-electron chi connectivity index (χ3n) is 3.55. The molecule has 2 aromatic carbocycles. The topological polar surface area (TPSA) is 47.6 Å². The van der Waals surface area contributed by atoms with Gasteiger partial charge in [0.05, 0.1) is 0 Å². The zero-order chi connectivity index (χ0) is 16.9. The first-order valence-corrected chi connectivity index (χ1v) is 7.42. The van der Waals surface area contributed by atoms with Crippen molar-refractivity contribution in [1.29, 1.82) is 0 Å². The summed E-state index contributed by atoms with van der Waals surface area (Å²) in [6, 6.07) is 9.12. The standard InChI is InChI=1S/C18H15F2NO3/c19-14-2-1-3-15(20)13(14)5-7-18(22)21-9-8-12-4-6-16-17(10-12)24-11-23-16/h1-7,10H,8-9,11H2,(H,21,22). The van der Waals surface area contributed by atoms with Crippen molar-refractivity contribution in [2.75, 3.05) is 13.3 Å². The molecule has 0 saturated carbocycles. The van der Waals surface area contributed by atoms with Crippen LogP contribution in [0.3, 0.4) is 0 Å². The van der Waals surface area contributed by atoms with E-state index in [4.69, 9.17) is 9.47 Å². The molecule has 0 saturated heterocycles. The highest BCUT2D eigenvalue weighted by Gasteiger charge is 2.13. The molecule has 0 atom stereocenters. The molecule has 1 amide bonds. The number of hydrogen-bond acceptors (Lipinski definition) is 3. The van der Waals surface area contributed by atoms with Crippen molar-refractivity contribution in [3.8, 4) is 11.5 Å². The lowest BCUT2D eigenvalue weighted by molar-refractivity contribution is -0.116. The Labute approximate surface area is 137 Å². The highest BCUT2D eigenvalue weighted by molar-refractivity contribution is 5.91. The third-order valence-corrected chi connectivity index (χ3v) is 3.55. The van der Waals surface area contributed by atoms with Gasteiger partial charge in [-0.05, 0) is 42.3 Å². The van der Waals surface area contributed by atoms with Gasteiger partial charge in [0.2, 0.25) is 12.7 Å². The second-order valence-electron chi connectivity index (χ2n) is 5.20. The molecule has 0 spiro atoms. The van der Waals surface area contributed by atoms with Crippen LogP contribution in [0.25, 0.3) is 6.08 Å². The monoisotopic (exact) mass is 331 g/mol. The van der Waals surface area contributed by atoms with Gasteiger partial charge in [-0.15, -0.1) is 0 Å². The fourth-order valence-corrected chi connectivity index (χ4v) is 2.31. The van der Waals surface area contributed by atoms with Gasteiger partial charge in [0, 0.05) is 18.2 Å². The number of rotatable bonds is 5. The number of ether oxygens (including phenoxy) is 2. The average Bonchev–Trinajstić information content (AvgIpc) is 3.02. The molecule has 1 N–H and O–H groups in total. The third kappa shape index (κ3) is 3.71. The smallest absolute Gasteiger partial charge is 0.244 e. The zero-order valence-electron chi connectivity index (χ0n) is 12.7. The Morgan fingerprint density at radius 2 is 1.88 bits per heavy atom. The number of nitrogens with one attached hydrogen (secondary N) is 1. The quantitative estimate of drug-likeness (QED) is 0.857. The van der Waals surface area contributed by atoms with Crippen molar-refractivity contribution in [3.05, 3.63) is 65.2 Å². The molecule has 24 heavy (non-hydrogen) atoms. The second kappa shape index (κ2) is 7.12. The maximum absolute atomic E-state index is 13.4. The van der Waals surface area contributed by atoms with Gasteiger partial charge < -0.3 is 14.8 Å². The van der Waals surface area contributed by atoms with Crippen molar-refractivity contribution in [3.63, 3.8) is 0 Å². The Kier molecular flexibility index (Phi) is 4.74. The van der Waals surface area contributed by atoms with E-state index in [9.17, 15) is 13.6 Å². The molecular weight excluding hydrogens is 316 g/mol. The predicted octanol–water partition coefficient (Wildman–Crippen LogP) is 3.07. The fourth-order valence-electron chi connectivity index (χ4n) is 2.31. The Bertz CT molecular complexity index is 770. The lowest BCUT2D eigenvalue weighted by atomic mass is 10.1. The van der Waals surface area contributed by atoms with E-state index in [2.05, 4.69) is 5.32 Å². The van der Waals surface area contributed by atoms with Crippen LogP contribution >= 0.6 is 0 Å². The van der Waals surface area contributed by atoms with Crippen molar-refractivity contribution < 1.29 is 23.0 Å². The van der Waals surface area contributed by atoms with Crippen molar-refractivity contribution >= 4 is 12.0 Å². The fraction of sp³-hybridized carbons (Fsp3) is 0.167. The summed E-state index contributed by atoms with van der Waals surface area (Å²) in [5.74, 6) is -0.441. The van der Waals surface area contributed by atoms with Crippen LogP contribution in [0, 0.1) is 11.6 Å². The maximum Gasteiger partial charge on any atom is 0.244 e. The minimum absolute atomic E-state index is 0.215. The minimum atomic E-state index is -0.709. The number of benzene rings is 2. The van der Waals surface area contributed by atoms with Crippen LogP contribution in [-0.2, 0) is 11.2 Å². The van der Waals surface area contributed by atoms with Crippen molar-refractivity contribution in [2.45, 2.75) is 6.42 Å². The molecule has 3 rings (SSSR count). The molecule has 4 nitrogen and oxygen atoms in total. The van der Waals surface area contributed by atoms with Crippen LogP contribution in [0.1, 0.15) is 11.1 Å². The molecule has 0 aromatic heterocycles. The van der Waals surface area contributed by atoms with Crippen LogP contribution in [0.4, 0.5) is 8.78 Å². The number of hydrogen-bond donors (Lipinski definition) is 1. The molecule has 0 unspecified atom stereocenters. The molecule has 6 heteroatoms. The first-order valence-electron chi connectivity index (χ1n) is 7.42. The highest BCUT2D eigenvalue weighted by atomic mass is 19.1. The van der Waals surface area contributed by atoms with E-state index in [0.717, 1.165) is 29.8 Å². The molecule has 0 bridgehead atoms. The molecule has 1 aliphatic rings.